The third kappa shape index (κ3) is 1.74. The molecule has 2 nitrogen and oxygen atoms in total. The van der Waals surface area contributed by atoms with Gasteiger partial charge in [-0.1, -0.05) is 0 Å². The average Bonchev–Trinajstić information content (AvgIpc) is 2.87. The molecule has 0 amide bonds. The molecule has 2 heteroatoms. The largest absolute Gasteiger partial charge is 0.377 e. The van der Waals surface area contributed by atoms with Gasteiger partial charge >= 0.3 is 0 Å². The number of hydrogen-bond acceptors (Lipinski definition) is 2. The Morgan fingerprint density at radius 1 is 1.18 bits per heavy atom. The van der Waals surface area contributed by atoms with Crippen LogP contribution in [-0.4, -0.2) is 18.8 Å². The first-order chi connectivity index (χ1) is 5.38. The predicted octanol–water partition coefficient (Wildman–Crippen LogP) is 1.29. The van der Waals surface area contributed by atoms with Gasteiger partial charge < -0.3 is 10.5 Å². The van der Waals surface area contributed by atoms with Crippen molar-refractivity contribution in [1.29, 1.82) is 0 Å². The van der Waals surface area contributed by atoms with Crippen LogP contribution >= 0.6 is 0 Å². The molecule has 2 fully saturated rings. The third-order valence-electron chi connectivity index (χ3n) is 2.81. The molecule has 0 unspecified atom stereocenters. The van der Waals surface area contributed by atoms with Gasteiger partial charge in [0.2, 0.25) is 0 Å². The van der Waals surface area contributed by atoms with Crippen LogP contribution in [0.25, 0.3) is 0 Å². The van der Waals surface area contributed by atoms with Gasteiger partial charge in [0.25, 0.3) is 0 Å². The summed E-state index contributed by atoms with van der Waals surface area (Å²) in [5.74, 6) is 0.790. The Labute approximate surface area is 68.1 Å². The molecule has 64 valence electrons. The molecule has 0 spiro atoms. The van der Waals surface area contributed by atoms with Crippen LogP contribution in [0, 0.1) is 5.92 Å². The van der Waals surface area contributed by atoms with Crippen molar-refractivity contribution in [2.45, 2.75) is 44.2 Å². The molecule has 0 radical (unpaired) electrons. The molecular formula is C9H17NO. The SMILES string of the molecule is N[C@H](C1CC1)[C@H]1CCCCO1. The zero-order valence-electron chi connectivity index (χ0n) is 6.96. The van der Waals surface area contributed by atoms with Crippen molar-refractivity contribution in [2.24, 2.45) is 11.7 Å². The molecule has 1 saturated heterocycles. The van der Waals surface area contributed by atoms with Crippen molar-refractivity contribution >= 4 is 0 Å². The van der Waals surface area contributed by atoms with Crippen LogP contribution in [0.2, 0.25) is 0 Å². The Morgan fingerprint density at radius 2 is 2.00 bits per heavy atom. The van der Waals surface area contributed by atoms with Gasteiger partial charge in [0.05, 0.1) is 6.10 Å². The van der Waals surface area contributed by atoms with Crippen molar-refractivity contribution in [1.82, 2.24) is 0 Å². The van der Waals surface area contributed by atoms with E-state index in [1.165, 1.54) is 32.1 Å². The number of hydrogen-bond donors (Lipinski definition) is 1. The van der Waals surface area contributed by atoms with Crippen LogP contribution in [0.4, 0.5) is 0 Å². The van der Waals surface area contributed by atoms with Gasteiger partial charge in [-0.05, 0) is 38.0 Å². The Morgan fingerprint density at radius 3 is 2.55 bits per heavy atom. The topological polar surface area (TPSA) is 35.2 Å². The molecule has 11 heavy (non-hydrogen) atoms. The van der Waals surface area contributed by atoms with Gasteiger partial charge in [0, 0.05) is 12.6 Å². The van der Waals surface area contributed by atoms with Crippen LogP contribution in [0.1, 0.15) is 32.1 Å². The lowest BCUT2D eigenvalue weighted by Crippen LogP contribution is -2.40. The van der Waals surface area contributed by atoms with Crippen molar-refractivity contribution < 1.29 is 4.74 Å². The Bertz CT molecular complexity index is 128. The lowest BCUT2D eigenvalue weighted by molar-refractivity contribution is -0.00369. The van der Waals surface area contributed by atoms with E-state index in [1.54, 1.807) is 0 Å². The normalized spacial score (nSPS) is 35.2. The Balaban J connectivity index is 1.81. The molecule has 2 aliphatic rings. The molecule has 0 aromatic carbocycles. The Hall–Kier alpha value is -0.0800. The molecule has 1 aliphatic carbocycles. The van der Waals surface area contributed by atoms with Crippen LogP contribution in [0.5, 0.6) is 0 Å². The summed E-state index contributed by atoms with van der Waals surface area (Å²) in [7, 11) is 0. The van der Waals surface area contributed by atoms with Gasteiger partial charge in [0.15, 0.2) is 0 Å². The van der Waals surface area contributed by atoms with E-state index in [4.69, 9.17) is 10.5 Å². The smallest absolute Gasteiger partial charge is 0.0728 e. The first kappa shape index (κ1) is 7.56. The molecule has 0 bridgehead atoms. The van der Waals surface area contributed by atoms with E-state index in [2.05, 4.69) is 0 Å². The maximum atomic E-state index is 6.03. The molecule has 1 aliphatic heterocycles. The van der Waals surface area contributed by atoms with E-state index in [0.717, 1.165) is 12.5 Å². The second-order valence-corrected chi connectivity index (χ2v) is 3.82. The van der Waals surface area contributed by atoms with E-state index >= 15 is 0 Å². The molecule has 1 saturated carbocycles. The third-order valence-corrected chi connectivity index (χ3v) is 2.81. The molecular weight excluding hydrogens is 138 g/mol. The van der Waals surface area contributed by atoms with E-state index in [-0.39, 0.29) is 0 Å². The van der Waals surface area contributed by atoms with Crippen LogP contribution < -0.4 is 5.73 Å². The molecule has 0 aromatic rings. The fraction of sp³-hybridized carbons (Fsp3) is 1.00. The average molecular weight is 155 g/mol. The van der Waals surface area contributed by atoms with Crippen molar-refractivity contribution in [2.75, 3.05) is 6.61 Å². The van der Waals surface area contributed by atoms with E-state index in [9.17, 15) is 0 Å². The minimum Gasteiger partial charge on any atom is -0.377 e. The summed E-state index contributed by atoms with van der Waals surface area (Å²) < 4.78 is 5.62. The first-order valence-electron chi connectivity index (χ1n) is 4.75. The summed E-state index contributed by atoms with van der Waals surface area (Å²) in [5, 5.41) is 0. The van der Waals surface area contributed by atoms with E-state index in [0.29, 0.717) is 12.1 Å². The van der Waals surface area contributed by atoms with Crippen LogP contribution in [0.15, 0.2) is 0 Å². The quantitative estimate of drug-likeness (QED) is 0.652. The molecule has 1 heterocycles. The Kier molecular flexibility index (Phi) is 2.14. The highest BCUT2D eigenvalue weighted by atomic mass is 16.5. The van der Waals surface area contributed by atoms with Crippen molar-refractivity contribution in [3.05, 3.63) is 0 Å². The maximum Gasteiger partial charge on any atom is 0.0728 e. The second-order valence-electron chi connectivity index (χ2n) is 3.82. The molecule has 2 N–H and O–H groups in total. The highest BCUT2D eigenvalue weighted by Crippen LogP contribution is 2.35. The lowest BCUT2D eigenvalue weighted by Gasteiger charge is -2.27. The predicted molar refractivity (Wildman–Crippen MR) is 44.3 cm³/mol. The number of rotatable bonds is 2. The van der Waals surface area contributed by atoms with E-state index < -0.39 is 0 Å². The zero-order valence-corrected chi connectivity index (χ0v) is 6.96. The molecule has 2 rings (SSSR count). The highest BCUT2D eigenvalue weighted by Gasteiger charge is 2.34. The summed E-state index contributed by atoms with van der Waals surface area (Å²) in [6.45, 7) is 0.936. The van der Waals surface area contributed by atoms with Gasteiger partial charge in [-0.2, -0.15) is 0 Å². The number of nitrogens with two attached hydrogens (primary N) is 1. The van der Waals surface area contributed by atoms with Crippen molar-refractivity contribution in [3.63, 3.8) is 0 Å². The van der Waals surface area contributed by atoms with Gasteiger partial charge in [-0.3, -0.25) is 0 Å². The molecule has 0 aromatic heterocycles. The first-order valence-corrected chi connectivity index (χ1v) is 4.75. The van der Waals surface area contributed by atoms with E-state index in [1.807, 2.05) is 0 Å². The summed E-state index contributed by atoms with van der Waals surface area (Å²) in [4.78, 5) is 0. The number of ether oxygens (including phenoxy) is 1. The zero-order chi connectivity index (χ0) is 7.68. The van der Waals surface area contributed by atoms with Gasteiger partial charge in [0.1, 0.15) is 0 Å². The fourth-order valence-corrected chi connectivity index (χ4v) is 1.85. The fourth-order valence-electron chi connectivity index (χ4n) is 1.85. The monoisotopic (exact) mass is 155 g/mol. The van der Waals surface area contributed by atoms with Crippen LogP contribution in [-0.2, 0) is 4.74 Å². The summed E-state index contributed by atoms with van der Waals surface area (Å²) >= 11 is 0. The minimum atomic E-state index is 0.343. The summed E-state index contributed by atoms with van der Waals surface area (Å²) in [6.07, 6.45) is 6.79. The summed E-state index contributed by atoms with van der Waals surface area (Å²) in [6, 6.07) is 0.343. The van der Waals surface area contributed by atoms with Gasteiger partial charge in [-0.15, -0.1) is 0 Å². The minimum absolute atomic E-state index is 0.343. The van der Waals surface area contributed by atoms with Crippen LogP contribution in [0.3, 0.4) is 0 Å². The maximum absolute atomic E-state index is 6.03. The standard InChI is InChI=1S/C9H17NO/c10-9(7-4-5-7)8-3-1-2-6-11-8/h7-9H,1-6,10H2/t8-,9-/m1/s1. The highest BCUT2D eigenvalue weighted by molar-refractivity contribution is 4.90. The molecule has 2 atom stereocenters. The van der Waals surface area contributed by atoms with Crippen molar-refractivity contribution in [3.8, 4) is 0 Å². The second kappa shape index (κ2) is 3.11. The van der Waals surface area contributed by atoms with Gasteiger partial charge in [-0.25, -0.2) is 0 Å². The summed E-state index contributed by atoms with van der Waals surface area (Å²) in [5.41, 5.74) is 6.03. The lowest BCUT2D eigenvalue weighted by atomic mass is 9.99.